The van der Waals surface area contributed by atoms with Crippen LogP contribution in [0, 0.1) is 12.8 Å². The Bertz CT molecular complexity index is 594. The van der Waals surface area contributed by atoms with Gasteiger partial charge < -0.3 is 9.63 Å². The lowest BCUT2D eigenvalue weighted by atomic mass is 9.84. The van der Waals surface area contributed by atoms with Gasteiger partial charge in [-0.05, 0) is 31.2 Å². The lowest BCUT2D eigenvalue weighted by Gasteiger charge is -2.26. The first-order chi connectivity index (χ1) is 10.2. The molecule has 3 rings (SSSR count). The highest BCUT2D eigenvalue weighted by molar-refractivity contribution is 5.24. The lowest BCUT2D eigenvalue weighted by Crippen LogP contribution is -2.26. The molecule has 1 heterocycles. The van der Waals surface area contributed by atoms with Gasteiger partial charge in [-0.25, -0.2) is 0 Å². The van der Waals surface area contributed by atoms with Crippen LogP contribution in [0.3, 0.4) is 0 Å². The molecule has 1 saturated carbocycles. The number of aromatic nitrogens is 2. The van der Waals surface area contributed by atoms with E-state index in [9.17, 15) is 5.11 Å². The van der Waals surface area contributed by atoms with Crippen molar-refractivity contribution in [2.24, 2.45) is 5.92 Å². The highest BCUT2D eigenvalue weighted by Crippen LogP contribution is 2.27. The van der Waals surface area contributed by atoms with E-state index >= 15 is 0 Å². The molecule has 1 aliphatic carbocycles. The quantitative estimate of drug-likeness (QED) is 0.938. The van der Waals surface area contributed by atoms with E-state index < -0.39 is 0 Å². The lowest BCUT2D eigenvalue weighted by molar-refractivity contribution is 0.0657. The van der Waals surface area contributed by atoms with Crippen molar-refractivity contribution in [1.29, 1.82) is 0 Å². The van der Waals surface area contributed by atoms with Crippen molar-refractivity contribution in [3.63, 3.8) is 0 Å². The molecule has 0 radical (unpaired) electrons. The SMILES string of the molecule is Cc1cccc(Cc2noc(CC3CCCCC3O)n2)c1. The second-order valence-corrected chi connectivity index (χ2v) is 6.09. The molecule has 2 atom stereocenters. The zero-order chi connectivity index (χ0) is 14.7. The van der Waals surface area contributed by atoms with E-state index in [2.05, 4.69) is 35.3 Å². The highest BCUT2D eigenvalue weighted by atomic mass is 16.5. The van der Waals surface area contributed by atoms with Gasteiger partial charge in [0.05, 0.1) is 6.10 Å². The third-order valence-electron chi connectivity index (χ3n) is 4.26. The average molecular weight is 286 g/mol. The zero-order valence-corrected chi connectivity index (χ0v) is 12.5. The Kier molecular flexibility index (Phi) is 4.34. The fourth-order valence-corrected chi connectivity index (χ4v) is 3.10. The van der Waals surface area contributed by atoms with Gasteiger partial charge in [0, 0.05) is 12.8 Å². The number of hydrogen-bond acceptors (Lipinski definition) is 4. The van der Waals surface area contributed by atoms with Crippen molar-refractivity contribution >= 4 is 0 Å². The molecular formula is C17H22N2O2. The van der Waals surface area contributed by atoms with Crippen LogP contribution in [0.2, 0.25) is 0 Å². The average Bonchev–Trinajstić information content (AvgIpc) is 2.89. The molecule has 0 aliphatic heterocycles. The van der Waals surface area contributed by atoms with Crippen LogP contribution in [0.25, 0.3) is 0 Å². The van der Waals surface area contributed by atoms with Gasteiger partial charge in [0.15, 0.2) is 5.82 Å². The van der Waals surface area contributed by atoms with Crippen LogP contribution in [0.1, 0.15) is 48.5 Å². The minimum Gasteiger partial charge on any atom is -0.393 e. The van der Waals surface area contributed by atoms with Gasteiger partial charge in [0.25, 0.3) is 0 Å². The van der Waals surface area contributed by atoms with Crippen LogP contribution < -0.4 is 0 Å². The largest absolute Gasteiger partial charge is 0.393 e. The fraction of sp³-hybridized carbons (Fsp3) is 0.529. The maximum Gasteiger partial charge on any atom is 0.227 e. The molecule has 0 amide bonds. The van der Waals surface area contributed by atoms with Gasteiger partial charge in [0.2, 0.25) is 5.89 Å². The maximum absolute atomic E-state index is 10.0. The van der Waals surface area contributed by atoms with E-state index in [0.29, 0.717) is 18.7 Å². The standard InChI is InChI=1S/C17H22N2O2/c1-12-5-4-6-13(9-12)10-16-18-17(21-19-16)11-14-7-2-3-8-15(14)20/h4-6,9,14-15,20H,2-3,7-8,10-11H2,1H3. The van der Waals surface area contributed by atoms with E-state index in [0.717, 1.165) is 25.1 Å². The number of rotatable bonds is 4. The summed E-state index contributed by atoms with van der Waals surface area (Å²) in [6.07, 6.45) is 5.43. The molecule has 0 bridgehead atoms. The molecule has 112 valence electrons. The van der Waals surface area contributed by atoms with Crippen molar-refractivity contribution in [1.82, 2.24) is 10.1 Å². The van der Waals surface area contributed by atoms with Crippen LogP contribution in [0.4, 0.5) is 0 Å². The first-order valence-corrected chi connectivity index (χ1v) is 7.76. The van der Waals surface area contributed by atoms with E-state index in [1.54, 1.807) is 0 Å². The van der Waals surface area contributed by atoms with Crippen LogP contribution in [0.5, 0.6) is 0 Å². The van der Waals surface area contributed by atoms with Crippen molar-refractivity contribution in [2.75, 3.05) is 0 Å². The van der Waals surface area contributed by atoms with E-state index in [1.165, 1.54) is 17.5 Å². The number of nitrogens with zero attached hydrogens (tertiary/aromatic N) is 2. The molecule has 1 aromatic heterocycles. The fourth-order valence-electron chi connectivity index (χ4n) is 3.10. The molecule has 1 aliphatic rings. The summed E-state index contributed by atoms with van der Waals surface area (Å²) in [4.78, 5) is 4.47. The van der Waals surface area contributed by atoms with Crippen LogP contribution >= 0.6 is 0 Å². The van der Waals surface area contributed by atoms with Crippen LogP contribution in [-0.4, -0.2) is 21.4 Å². The minimum absolute atomic E-state index is 0.217. The number of aryl methyl sites for hydroxylation is 1. The van der Waals surface area contributed by atoms with Crippen molar-refractivity contribution in [2.45, 2.75) is 51.6 Å². The van der Waals surface area contributed by atoms with Gasteiger partial charge in [-0.2, -0.15) is 4.98 Å². The Hall–Kier alpha value is -1.68. The van der Waals surface area contributed by atoms with Gasteiger partial charge in [-0.1, -0.05) is 47.8 Å². The number of aliphatic hydroxyl groups excluding tert-OH is 1. The number of aliphatic hydroxyl groups is 1. The first-order valence-electron chi connectivity index (χ1n) is 7.76. The number of benzene rings is 1. The molecule has 2 unspecified atom stereocenters. The van der Waals surface area contributed by atoms with Crippen LogP contribution in [-0.2, 0) is 12.8 Å². The summed E-state index contributed by atoms with van der Waals surface area (Å²) in [5.41, 5.74) is 2.43. The predicted molar refractivity (Wildman–Crippen MR) is 80.0 cm³/mol. The maximum atomic E-state index is 10.0. The Labute approximate surface area is 125 Å². The molecule has 2 aromatic rings. The molecule has 4 nitrogen and oxygen atoms in total. The summed E-state index contributed by atoms with van der Waals surface area (Å²) in [6, 6.07) is 8.34. The highest BCUT2D eigenvalue weighted by Gasteiger charge is 2.25. The minimum atomic E-state index is -0.217. The zero-order valence-electron chi connectivity index (χ0n) is 12.5. The Morgan fingerprint density at radius 2 is 2.14 bits per heavy atom. The summed E-state index contributed by atoms with van der Waals surface area (Å²) in [6.45, 7) is 2.08. The molecule has 1 fully saturated rings. The molecule has 0 spiro atoms. The molecule has 21 heavy (non-hydrogen) atoms. The molecular weight excluding hydrogens is 264 g/mol. The van der Waals surface area contributed by atoms with Gasteiger partial charge in [-0.15, -0.1) is 0 Å². The summed E-state index contributed by atoms with van der Waals surface area (Å²) >= 11 is 0. The van der Waals surface area contributed by atoms with E-state index in [1.807, 2.05) is 6.07 Å². The van der Waals surface area contributed by atoms with Gasteiger partial charge in [-0.3, -0.25) is 0 Å². The summed E-state index contributed by atoms with van der Waals surface area (Å²) in [5, 5.41) is 14.1. The Morgan fingerprint density at radius 3 is 2.95 bits per heavy atom. The summed E-state index contributed by atoms with van der Waals surface area (Å²) in [7, 11) is 0. The third-order valence-corrected chi connectivity index (χ3v) is 4.26. The van der Waals surface area contributed by atoms with Gasteiger partial charge >= 0.3 is 0 Å². The predicted octanol–water partition coefficient (Wildman–Crippen LogP) is 3.06. The molecule has 1 N–H and O–H groups in total. The second kappa shape index (κ2) is 6.39. The molecule has 0 saturated heterocycles. The normalized spacial score (nSPS) is 22.4. The topological polar surface area (TPSA) is 59.2 Å². The van der Waals surface area contributed by atoms with E-state index in [4.69, 9.17) is 4.52 Å². The second-order valence-electron chi connectivity index (χ2n) is 6.09. The first kappa shape index (κ1) is 14.3. The van der Waals surface area contributed by atoms with Crippen molar-refractivity contribution in [3.8, 4) is 0 Å². The summed E-state index contributed by atoms with van der Waals surface area (Å²) in [5.74, 6) is 1.65. The van der Waals surface area contributed by atoms with Crippen molar-refractivity contribution < 1.29 is 9.63 Å². The summed E-state index contributed by atoms with van der Waals surface area (Å²) < 4.78 is 5.35. The molecule has 1 aromatic carbocycles. The number of hydrogen-bond donors (Lipinski definition) is 1. The smallest absolute Gasteiger partial charge is 0.227 e. The molecule has 4 heteroatoms. The Morgan fingerprint density at radius 1 is 1.29 bits per heavy atom. The third kappa shape index (κ3) is 3.70. The van der Waals surface area contributed by atoms with Crippen LogP contribution in [0.15, 0.2) is 28.8 Å². The Balaban J connectivity index is 1.63. The van der Waals surface area contributed by atoms with E-state index in [-0.39, 0.29) is 12.0 Å². The monoisotopic (exact) mass is 286 g/mol. The van der Waals surface area contributed by atoms with Crippen molar-refractivity contribution in [3.05, 3.63) is 47.1 Å². The van der Waals surface area contributed by atoms with Gasteiger partial charge in [0.1, 0.15) is 0 Å².